The largest absolute Gasteiger partial charge is 0.416 e. The van der Waals surface area contributed by atoms with Crippen LogP contribution in [0, 0.1) is 0 Å². The van der Waals surface area contributed by atoms with Gasteiger partial charge >= 0.3 is 6.18 Å². The molecule has 2 aromatic rings. The van der Waals surface area contributed by atoms with Crippen LogP contribution in [0.1, 0.15) is 18.1 Å². The maximum absolute atomic E-state index is 13.1. The lowest BCUT2D eigenvalue weighted by Crippen LogP contribution is -2.18. The number of halogens is 3. The number of hydrogen-bond acceptors (Lipinski definition) is 2. The van der Waals surface area contributed by atoms with Gasteiger partial charge in [0.1, 0.15) is 0 Å². The number of nitrogens with zero attached hydrogens (tertiary/aromatic N) is 1. The van der Waals surface area contributed by atoms with Crippen molar-refractivity contribution < 1.29 is 13.2 Å². The summed E-state index contributed by atoms with van der Waals surface area (Å²) in [4.78, 5) is 1.83. The van der Waals surface area contributed by atoms with Crippen LogP contribution >= 0.6 is 0 Å². The molecule has 0 saturated carbocycles. The van der Waals surface area contributed by atoms with Gasteiger partial charge in [0.05, 0.1) is 5.56 Å². The Labute approximate surface area is 122 Å². The zero-order valence-electron chi connectivity index (χ0n) is 11.7. The Morgan fingerprint density at radius 1 is 1.00 bits per heavy atom. The smallest absolute Gasteiger partial charge is 0.342 e. The number of rotatable bonds is 4. The predicted octanol–water partition coefficient (Wildman–Crippen LogP) is 4.32. The molecule has 0 aliphatic rings. The minimum Gasteiger partial charge on any atom is -0.342 e. The molecule has 21 heavy (non-hydrogen) atoms. The summed E-state index contributed by atoms with van der Waals surface area (Å²) in [6, 6.07) is 13.6. The summed E-state index contributed by atoms with van der Waals surface area (Å²) in [6.07, 6.45) is -4.40. The van der Waals surface area contributed by atoms with Gasteiger partial charge in [0, 0.05) is 24.5 Å². The predicted molar refractivity (Wildman–Crippen MR) is 78.5 cm³/mol. The van der Waals surface area contributed by atoms with E-state index in [1.54, 1.807) is 6.07 Å². The van der Waals surface area contributed by atoms with Crippen molar-refractivity contribution in [3.63, 3.8) is 0 Å². The second-order valence-corrected chi connectivity index (χ2v) is 4.62. The van der Waals surface area contributed by atoms with Gasteiger partial charge in [-0.15, -0.1) is 0 Å². The molecule has 2 nitrogen and oxygen atoms in total. The van der Waals surface area contributed by atoms with Crippen LogP contribution in [-0.4, -0.2) is 6.54 Å². The van der Waals surface area contributed by atoms with Gasteiger partial charge in [-0.1, -0.05) is 24.3 Å². The molecule has 2 rings (SSSR count). The van der Waals surface area contributed by atoms with E-state index in [2.05, 4.69) is 0 Å². The highest BCUT2D eigenvalue weighted by Crippen LogP contribution is 2.36. The quantitative estimate of drug-likeness (QED) is 0.909. The first-order valence-electron chi connectivity index (χ1n) is 6.70. The molecule has 0 aliphatic heterocycles. The highest BCUT2D eigenvalue weighted by atomic mass is 19.4. The summed E-state index contributed by atoms with van der Waals surface area (Å²) in [7, 11) is 0. The second-order valence-electron chi connectivity index (χ2n) is 4.62. The van der Waals surface area contributed by atoms with Crippen LogP contribution in [0.15, 0.2) is 48.5 Å². The third-order valence-electron chi connectivity index (χ3n) is 3.31. The van der Waals surface area contributed by atoms with Crippen molar-refractivity contribution in [3.05, 3.63) is 59.7 Å². The molecule has 0 aromatic heterocycles. The molecule has 0 radical (unpaired) electrons. The van der Waals surface area contributed by atoms with E-state index >= 15 is 0 Å². The first kappa shape index (κ1) is 15.4. The highest BCUT2D eigenvalue weighted by Gasteiger charge is 2.33. The zero-order chi connectivity index (χ0) is 15.5. The Kier molecular flexibility index (Phi) is 4.53. The minimum absolute atomic E-state index is 0.107. The molecule has 0 fully saturated rings. The first-order valence-corrected chi connectivity index (χ1v) is 6.70. The van der Waals surface area contributed by atoms with E-state index in [0.29, 0.717) is 12.2 Å². The van der Waals surface area contributed by atoms with Gasteiger partial charge in [0.2, 0.25) is 0 Å². The molecule has 0 heterocycles. The fourth-order valence-electron chi connectivity index (χ4n) is 2.30. The molecular weight excluding hydrogens is 277 g/mol. The van der Waals surface area contributed by atoms with Gasteiger partial charge in [0.15, 0.2) is 0 Å². The Morgan fingerprint density at radius 2 is 1.67 bits per heavy atom. The molecular formula is C16H17F3N2. The Morgan fingerprint density at radius 3 is 2.19 bits per heavy atom. The van der Waals surface area contributed by atoms with Gasteiger partial charge in [-0.25, -0.2) is 0 Å². The van der Waals surface area contributed by atoms with E-state index in [4.69, 9.17) is 5.73 Å². The molecule has 0 bridgehead atoms. The normalized spacial score (nSPS) is 11.5. The lowest BCUT2D eigenvalue weighted by atomic mass is 10.1. The SMILES string of the molecule is CCN(c1ccccc1)c1ccc(CN)c(C(F)(F)F)c1. The second kappa shape index (κ2) is 6.18. The van der Waals surface area contributed by atoms with Crippen molar-refractivity contribution in [2.24, 2.45) is 5.73 Å². The van der Waals surface area contributed by atoms with Gasteiger partial charge < -0.3 is 10.6 Å². The van der Waals surface area contributed by atoms with Crippen LogP contribution in [0.3, 0.4) is 0 Å². The van der Waals surface area contributed by atoms with E-state index in [9.17, 15) is 13.2 Å². The van der Waals surface area contributed by atoms with Crippen molar-refractivity contribution in [3.8, 4) is 0 Å². The summed E-state index contributed by atoms with van der Waals surface area (Å²) in [5.74, 6) is 0. The number of alkyl halides is 3. The molecule has 0 aliphatic carbocycles. The molecule has 112 valence electrons. The van der Waals surface area contributed by atoms with E-state index in [1.807, 2.05) is 42.2 Å². The zero-order valence-corrected chi connectivity index (χ0v) is 11.7. The maximum atomic E-state index is 13.1. The van der Waals surface area contributed by atoms with Crippen molar-refractivity contribution in [1.29, 1.82) is 0 Å². The third-order valence-corrected chi connectivity index (χ3v) is 3.31. The Hall–Kier alpha value is -2.01. The van der Waals surface area contributed by atoms with Gasteiger partial charge in [-0.2, -0.15) is 13.2 Å². The van der Waals surface area contributed by atoms with Crippen molar-refractivity contribution in [2.45, 2.75) is 19.6 Å². The van der Waals surface area contributed by atoms with Crippen LogP contribution in [0.25, 0.3) is 0 Å². The third kappa shape index (κ3) is 3.36. The summed E-state index contributed by atoms with van der Waals surface area (Å²) in [5, 5.41) is 0. The molecule has 5 heteroatoms. The van der Waals surface area contributed by atoms with Crippen LogP contribution in [0.2, 0.25) is 0 Å². The van der Waals surface area contributed by atoms with Gasteiger partial charge in [-0.3, -0.25) is 0 Å². The first-order chi connectivity index (χ1) is 9.97. The van der Waals surface area contributed by atoms with Crippen molar-refractivity contribution >= 4 is 11.4 Å². The molecule has 0 unspecified atom stereocenters. The molecule has 2 N–H and O–H groups in total. The number of nitrogens with two attached hydrogens (primary N) is 1. The Balaban J connectivity index is 2.48. The molecule has 0 saturated heterocycles. The van der Waals surface area contributed by atoms with E-state index in [-0.39, 0.29) is 12.1 Å². The molecule has 0 spiro atoms. The number of benzene rings is 2. The van der Waals surface area contributed by atoms with Crippen molar-refractivity contribution in [2.75, 3.05) is 11.4 Å². The maximum Gasteiger partial charge on any atom is 0.416 e. The number of hydrogen-bond donors (Lipinski definition) is 1. The lowest BCUT2D eigenvalue weighted by molar-refractivity contribution is -0.138. The summed E-state index contributed by atoms with van der Waals surface area (Å²) >= 11 is 0. The van der Waals surface area contributed by atoms with E-state index in [1.165, 1.54) is 12.1 Å². The van der Waals surface area contributed by atoms with E-state index < -0.39 is 11.7 Å². The molecule has 2 aromatic carbocycles. The molecule has 0 atom stereocenters. The monoisotopic (exact) mass is 294 g/mol. The average Bonchev–Trinajstić information content (AvgIpc) is 2.48. The number of anilines is 2. The van der Waals surface area contributed by atoms with Crippen LogP contribution < -0.4 is 10.6 Å². The van der Waals surface area contributed by atoms with Crippen molar-refractivity contribution in [1.82, 2.24) is 0 Å². The minimum atomic E-state index is -4.40. The standard InChI is InChI=1S/C16H17F3N2/c1-2-21(13-6-4-3-5-7-13)14-9-8-12(11-20)15(10-14)16(17,18)19/h3-10H,2,11,20H2,1H3. The summed E-state index contributed by atoms with van der Waals surface area (Å²) in [6.45, 7) is 2.34. The van der Waals surface area contributed by atoms with E-state index in [0.717, 1.165) is 5.69 Å². The summed E-state index contributed by atoms with van der Waals surface area (Å²) < 4.78 is 39.3. The number of para-hydroxylation sites is 1. The van der Waals surface area contributed by atoms with Gasteiger partial charge in [0.25, 0.3) is 0 Å². The Bertz CT molecular complexity index is 594. The van der Waals surface area contributed by atoms with Crippen LogP contribution in [-0.2, 0) is 12.7 Å². The topological polar surface area (TPSA) is 29.3 Å². The lowest BCUT2D eigenvalue weighted by Gasteiger charge is -2.25. The highest BCUT2D eigenvalue weighted by molar-refractivity contribution is 5.64. The molecule has 0 amide bonds. The van der Waals surface area contributed by atoms with Crippen LogP contribution in [0.4, 0.5) is 24.5 Å². The average molecular weight is 294 g/mol. The summed E-state index contributed by atoms with van der Waals surface area (Å²) in [5.41, 5.74) is 6.20. The van der Waals surface area contributed by atoms with Crippen LogP contribution in [0.5, 0.6) is 0 Å². The fourth-order valence-corrected chi connectivity index (χ4v) is 2.30. The fraction of sp³-hybridized carbons (Fsp3) is 0.250. The van der Waals surface area contributed by atoms with Gasteiger partial charge in [-0.05, 0) is 36.8 Å².